The molecule has 2 saturated carbocycles. The number of carbonyl (C=O) groups excluding carboxylic acids is 2. The molecule has 3 N–H and O–H groups in total. The Morgan fingerprint density at radius 2 is 1.76 bits per heavy atom. The van der Waals surface area contributed by atoms with Crippen LogP contribution in [0.4, 0.5) is 5.82 Å². The quantitative estimate of drug-likeness (QED) is 0.406. The van der Waals surface area contributed by atoms with Crippen LogP contribution in [-0.4, -0.2) is 32.8 Å². The zero-order valence-electron chi connectivity index (χ0n) is 18.6. The molecule has 0 saturated heterocycles. The lowest BCUT2D eigenvalue weighted by Gasteiger charge is -2.22. The van der Waals surface area contributed by atoms with E-state index in [1.807, 2.05) is 36.4 Å². The molecule has 3 unspecified atom stereocenters. The number of imidazole rings is 1. The molecule has 6 rings (SSSR count). The lowest BCUT2D eigenvalue weighted by Crippen LogP contribution is -2.38. The SMILES string of the molecule is O=C(Nc1ccccn1)c1ccc(-c2nc3ccc(C(=O)NC4CC5CCC4C5)cc3[nH]2)cc1. The molecule has 7 nitrogen and oxygen atoms in total. The third-order valence-corrected chi connectivity index (χ3v) is 7.13. The molecule has 2 aromatic heterocycles. The molecule has 2 aromatic carbocycles. The van der Waals surface area contributed by atoms with E-state index in [0.717, 1.165) is 28.9 Å². The highest BCUT2D eigenvalue weighted by atomic mass is 16.2. The van der Waals surface area contributed by atoms with E-state index in [1.54, 1.807) is 30.5 Å². The summed E-state index contributed by atoms with van der Waals surface area (Å²) in [6.07, 6.45) is 6.56. The first kappa shape index (κ1) is 20.6. The summed E-state index contributed by atoms with van der Waals surface area (Å²) >= 11 is 0. The van der Waals surface area contributed by atoms with Crippen LogP contribution < -0.4 is 10.6 Å². The van der Waals surface area contributed by atoms with E-state index in [1.165, 1.54) is 19.3 Å². The minimum atomic E-state index is -0.221. The van der Waals surface area contributed by atoms with Crippen molar-refractivity contribution in [2.75, 3.05) is 5.32 Å². The van der Waals surface area contributed by atoms with Crippen LogP contribution >= 0.6 is 0 Å². The number of nitrogens with zero attached hydrogens (tertiary/aromatic N) is 2. The molecule has 2 aliphatic rings. The third kappa shape index (κ3) is 3.94. The van der Waals surface area contributed by atoms with Gasteiger partial charge in [-0.15, -0.1) is 0 Å². The first-order chi connectivity index (χ1) is 16.6. The highest BCUT2D eigenvalue weighted by Gasteiger charge is 2.40. The standard InChI is InChI=1S/C27H25N5O2/c33-26(32-24-3-1-2-12-28-24)18-8-6-17(7-9-18)25-29-21-11-10-20(15-23(21)30-25)27(34)31-22-14-16-4-5-19(22)13-16/h1-3,6-12,15-16,19,22H,4-5,13-14H2,(H,29,30)(H,31,34)(H,28,32,33). The Morgan fingerprint density at radius 1 is 0.912 bits per heavy atom. The van der Waals surface area contributed by atoms with Gasteiger partial charge in [-0.1, -0.05) is 24.6 Å². The zero-order valence-corrected chi connectivity index (χ0v) is 18.6. The highest BCUT2D eigenvalue weighted by Crippen LogP contribution is 2.44. The van der Waals surface area contributed by atoms with Gasteiger partial charge in [0.15, 0.2) is 0 Å². The van der Waals surface area contributed by atoms with Crippen LogP contribution in [0.25, 0.3) is 22.4 Å². The van der Waals surface area contributed by atoms with E-state index >= 15 is 0 Å². The Hall–Kier alpha value is -4.00. The van der Waals surface area contributed by atoms with Crippen LogP contribution in [0.5, 0.6) is 0 Å². The Morgan fingerprint density at radius 3 is 2.50 bits per heavy atom. The second-order valence-electron chi connectivity index (χ2n) is 9.32. The van der Waals surface area contributed by atoms with Crippen LogP contribution in [0, 0.1) is 11.8 Å². The van der Waals surface area contributed by atoms with E-state index in [2.05, 4.69) is 25.6 Å². The van der Waals surface area contributed by atoms with Crippen molar-refractivity contribution in [2.45, 2.75) is 31.7 Å². The molecule has 2 amide bonds. The van der Waals surface area contributed by atoms with Crippen LogP contribution in [0.2, 0.25) is 0 Å². The summed E-state index contributed by atoms with van der Waals surface area (Å²) in [6, 6.07) is 18.5. The van der Waals surface area contributed by atoms with Crippen molar-refractivity contribution in [3.63, 3.8) is 0 Å². The average molecular weight is 452 g/mol. The highest BCUT2D eigenvalue weighted by molar-refractivity contribution is 6.04. The molecule has 3 atom stereocenters. The maximum Gasteiger partial charge on any atom is 0.256 e. The number of H-pyrrole nitrogens is 1. The molecule has 4 aromatic rings. The predicted molar refractivity (Wildman–Crippen MR) is 130 cm³/mol. The fourth-order valence-electron chi connectivity index (χ4n) is 5.37. The van der Waals surface area contributed by atoms with E-state index in [9.17, 15) is 9.59 Å². The topological polar surface area (TPSA) is 99.8 Å². The van der Waals surface area contributed by atoms with Gasteiger partial charge in [0.2, 0.25) is 0 Å². The molecule has 2 bridgehead atoms. The van der Waals surface area contributed by atoms with Crippen LogP contribution in [0.1, 0.15) is 46.4 Å². The van der Waals surface area contributed by atoms with Crippen molar-refractivity contribution in [3.8, 4) is 11.4 Å². The smallest absolute Gasteiger partial charge is 0.256 e. The number of fused-ring (bicyclic) bond motifs is 3. The van der Waals surface area contributed by atoms with Crippen molar-refractivity contribution in [2.24, 2.45) is 11.8 Å². The van der Waals surface area contributed by atoms with Gasteiger partial charge < -0.3 is 15.6 Å². The summed E-state index contributed by atoms with van der Waals surface area (Å²) in [4.78, 5) is 37.4. The Labute approximate surface area is 197 Å². The van der Waals surface area contributed by atoms with Crippen molar-refractivity contribution in [3.05, 3.63) is 78.0 Å². The molecule has 170 valence electrons. The van der Waals surface area contributed by atoms with E-state index in [0.29, 0.717) is 34.7 Å². The van der Waals surface area contributed by atoms with Crippen LogP contribution in [0.15, 0.2) is 66.9 Å². The van der Waals surface area contributed by atoms with E-state index < -0.39 is 0 Å². The second-order valence-corrected chi connectivity index (χ2v) is 9.32. The molecular weight excluding hydrogens is 426 g/mol. The lowest BCUT2D eigenvalue weighted by molar-refractivity contribution is 0.0922. The summed E-state index contributed by atoms with van der Waals surface area (Å²) in [5.41, 5.74) is 3.65. The van der Waals surface area contributed by atoms with Crippen molar-refractivity contribution >= 4 is 28.7 Å². The average Bonchev–Trinajstić information content (AvgIpc) is 3.60. The molecule has 2 aliphatic carbocycles. The maximum atomic E-state index is 12.8. The fourth-order valence-corrected chi connectivity index (χ4v) is 5.37. The van der Waals surface area contributed by atoms with Gasteiger partial charge in [-0.2, -0.15) is 0 Å². The molecule has 7 heteroatoms. The first-order valence-corrected chi connectivity index (χ1v) is 11.8. The van der Waals surface area contributed by atoms with Gasteiger partial charge >= 0.3 is 0 Å². The molecule has 0 radical (unpaired) electrons. The molecule has 34 heavy (non-hydrogen) atoms. The summed E-state index contributed by atoms with van der Waals surface area (Å²) in [5.74, 6) is 2.40. The number of pyridine rings is 1. The van der Waals surface area contributed by atoms with Crippen molar-refractivity contribution in [1.82, 2.24) is 20.3 Å². The largest absolute Gasteiger partial charge is 0.349 e. The summed E-state index contributed by atoms with van der Waals surface area (Å²) < 4.78 is 0. The minimum Gasteiger partial charge on any atom is -0.349 e. The monoisotopic (exact) mass is 451 g/mol. The van der Waals surface area contributed by atoms with Gasteiger partial charge in [0.05, 0.1) is 11.0 Å². The number of benzene rings is 2. The summed E-state index contributed by atoms with van der Waals surface area (Å²) in [7, 11) is 0. The van der Waals surface area contributed by atoms with E-state index in [4.69, 9.17) is 0 Å². The van der Waals surface area contributed by atoms with E-state index in [-0.39, 0.29) is 11.8 Å². The first-order valence-electron chi connectivity index (χ1n) is 11.8. The molecule has 2 heterocycles. The second kappa shape index (κ2) is 8.41. The minimum absolute atomic E-state index is 0.0149. The number of rotatable bonds is 5. The van der Waals surface area contributed by atoms with Gasteiger partial charge in [-0.05, 0) is 73.6 Å². The molecule has 0 spiro atoms. The van der Waals surface area contributed by atoms with Crippen molar-refractivity contribution < 1.29 is 9.59 Å². The Balaban J connectivity index is 1.17. The summed E-state index contributed by atoms with van der Waals surface area (Å²) in [6.45, 7) is 0. The van der Waals surface area contributed by atoms with Crippen molar-refractivity contribution in [1.29, 1.82) is 0 Å². The molecule has 2 fully saturated rings. The van der Waals surface area contributed by atoms with Crippen LogP contribution in [0.3, 0.4) is 0 Å². The third-order valence-electron chi connectivity index (χ3n) is 7.13. The summed E-state index contributed by atoms with van der Waals surface area (Å²) in [5, 5.41) is 6.03. The van der Waals surface area contributed by atoms with Crippen LogP contribution in [-0.2, 0) is 0 Å². The molecule has 0 aliphatic heterocycles. The number of anilines is 1. The number of hydrogen-bond acceptors (Lipinski definition) is 4. The number of carbonyl (C=O) groups is 2. The van der Waals surface area contributed by atoms with Gasteiger partial charge in [-0.25, -0.2) is 9.97 Å². The Bertz CT molecular complexity index is 1360. The van der Waals surface area contributed by atoms with Gasteiger partial charge in [0, 0.05) is 28.9 Å². The lowest BCUT2D eigenvalue weighted by atomic mass is 9.95. The number of nitrogens with one attached hydrogen (secondary N) is 3. The van der Waals surface area contributed by atoms with Gasteiger partial charge in [-0.3, -0.25) is 9.59 Å². The maximum absolute atomic E-state index is 12.8. The predicted octanol–water partition coefficient (Wildman–Crippen LogP) is 4.80. The Kier molecular flexibility index (Phi) is 5.09. The van der Waals surface area contributed by atoms with Gasteiger partial charge in [0.25, 0.3) is 11.8 Å². The normalized spacial score (nSPS) is 21.0. The number of aromatic amines is 1. The zero-order chi connectivity index (χ0) is 23.1. The number of aromatic nitrogens is 3. The fraction of sp³-hybridized carbons (Fsp3) is 0.259. The number of hydrogen-bond donors (Lipinski definition) is 3. The number of amides is 2. The molecular formula is C27H25N5O2. The van der Waals surface area contributed by atoms with Gasteiger partial charge in [0.1, 0.15) is 11.6 Å².